The molecule has 148 valence electrons. The van der Waals surface area contributed by atoms with Gasteiger partial charge in [0, 0.05) is 21.5 Å². The minimum Gasteiger partial charge on any atom is -0.399 e. The minimum absolute atomic E-state index is 0.00623. The van der Waals surface area contributed by atoms with Gasteiger partial charge in [-0.25, -0.2) is 0 Å². The summed E-state index contributed by atoms with van der Waals surface area (Å²) in [5, 5.41) is 4.93. The number of para-hydroxylation sites is 2. The molecule has 1 aliphatic heterocycles. The molecule has 1 fully saturated rings. The van der Waals surface area contributed by atoms with Gasteiger partial charge in [0.25, 0.3) is 5.56 Å². The van der Waals surface area contributed by atoms with Gasteiger partial charge < -0.3 is 9.31 Å². The van der Waals surface area contributed by atoms with E-state index in [0.717, 1.165) is 38.0 Å². The second kappa shape index (κ2) is 5.62. The van der Waals surface area contributed by atoms with Crippen molar-refractivity contribution in [1.82, 2.24) is 4.40 Å². The largest absolute Gasteiger partial charge is 0.494 e. The molecule has 5 aromatic rings. The molecule has 30 heavy (non-hydrogen) atoms. The van der Waals surface area contributed by atoms with E-state index in [2.05, 4.69) is 24.3 Å². The summed E-state index contributed by atoms with van der Waals surface area (Å²) in [6.07, 6.45) is 0. The lowest BCUT2D eigenvalue weighted by atomic mass is 9.78. The number of hydrogen-bond acceptors (Lipinski definition) is 3. The minimum atomic E-state index is -0.494. The van der Waals surface area contributed by atoms with Gasteiger partial charge >= 0.3 is 7.12 Å². The second-order valence-electron chi connectivity index (χ2n) is 9.25. The molecule has 3 heterocycles. The van der Waals surface area contributed by atoms with Gasteiger partial charge in [-0.05, 0) is 50.7 Å². The smallest absolute Gasteiger partial charge is 0.399 e. The van der Waals surface area contributed by atoms with E-state index in [9.17, 15) is 4.79 Å². The van der Waals surface area contributed by atoms with Crippen LogP contribution >= 0.6 is 0 Å². The number of pyridine rings is 1. The van der Waals surface area contributed by atoms with Gasteiger partial charge in [0.2, 0.25) is 0 Å². The molecule has 5 heteroatoms. The Bertz CT molecular complexity index is 1520. The highest BCUT2D eigenvalue weighted by atomic mass is 16.7. The monoisotopic (exact) mass is 395 g/mol. The average Bonchev–Trinajstić information content (AvgIpc) is 3.17. The van der Waals surface area contributed by atoms with Crippen molar-refractivity contribution in [2.24, 2.45) is 0 Å². The number of aromatic nitrogens is 1. The summed E-state index contributed by atoms with van der Waals surface area (Å²) in [7, 11) is -0.494. The molecule has 3 aromatic carbocycles. The lowest BCUT2D eigenvalue weighted by Crippen LogP contribution is -2.41. The molecule has 0 saturated carbocycles. The van der Waals surface area contributed by atoms with E-state index in [1.54, 1.807) is 0 Å². The number of nitrogens with zero attached hydrogens (tertiary/aromatic N) is 1. The summed E-state index contributed by atoms with van der Waals surface area (Å²) < 4.78 is 14.3. The molecule has 0 amide bonds. The molecular weight excluding hydrogens is 373 g/mol. The fourth-order valence-corrected chi connectivity index (χ4v) is 4.67. The first-order valence-corrected chi connectivity index (χ1v) is 10.4. The zero-order valence-electron chi connectivity index (χ0n) is 17.5. The molecule has 1 saturated heterocycles. The molecular formula is C25H22BNO3. The van der Waals surface area contributed by atoms with E-state index in [1.807, 2.05) is 68.5 Å². The summed E-state index contributed by atoms with van der Waals surface area (Å²) in [4.78, 5) is 13.7. The van der Waals surface area contributed by atoms with Crippen LogP contribution in [0.5, 0.6) is 0 Å². The van der Waals surface area contributed by atoms with Gasteiger partial charge in [-0.1, -0.05) is 48.5 Å². The SMILES string of the molecule is CC1(C)OB(c2ccc3c(c2)c(=O)n2c4ccccc4c4cccc3c42)OC1(C)C. The Morgan fingerprint density at radius 3 is 2.10 bits per heavy atom. The van der Waals surface area contributed by atoms with Crippen LogP contribution in [0, 0.1) is 0 Å². The third-order valence-electron chi connectivity index (χ3n) is 6.99. The van der Waals surface area contributed by atoms with E-state index in [1.165, 1.54) is 0 Å². The first-order valence-electron chi connectivity index (χ1n) is 10.4. The van der Waals surface area contributed by atoms with E-state index >= 15 is 0 Å². The van der Waals surface area contributed by atoms with Crippen LogP contribution < -0.4 is 11.0 Å². The maximum absolute atomic E-state index is 13.7. The predicted octanol–water partition coefficient (Wildman–Crippen LogP) is 4.50. The fraction of sp³-hybridized carbons (Fsp3) is 0.240. The summed E-state index contributed by atoms with van der Waals surface area (Å²) in [5.41, 5.74) is 1.94. The quantitative estimate of drug-likeness (QED) is 0.310. The highest BCUT2D eigenvalue weighted by Crippen LogP contribution is 2.37. The van der Waals surface area contributed by atoms with Gasteiger partial charge in [0.15, 0.2) is 0 Å². The van der Waals surface area contributed by atoms with Crippen LogP contribution in [0.25, 0.3) is 38.0 Å². The molecule has 0 unspecified atom stereocenters. The van der Waals surface area contributed by atoms with Crippen molar-refractivity contribution in [3.63, 3.8) is 0 Å². The highest BCUT2D eigenvalue weighted by molar-refractivity contribution is 6.62. The van der Waals surface area contributed by atoms with Crippen molar-refractivity contribution in [3.8, 4) is 0 Å². The van der Waals surface area contributed by atoms with Gasteiger partial charge in [-0.2, -0.15) is 0 Å². The molecule has 4 nitrogen and oxygen atoms in total. The third kappa shape index (κ3) is 2.17. The maximum atomic E-state index is 13.7. The van der Waals surface area contributed by atoms with Gasteiger partial charge in [0.1, 0.15) is 0 Å². The Hall–Kier alpha value is -2.89. The molecule has 0 radical (unpaired) electrons. The maximum Gasteiger partial charge on any atom is 0.494 e. The summed E-state index contributed by atoms with van der Waals surface area (Å²) in [5.74, 6) is 0. The van der Waals surface area contributed by atoms with Crippen LogP contribution in [0.4, 0.5) is 0 Å². The standard InChI is InChI=1S/C25H22BNO3/c1-24(2)25(3,4)30-26(29-24)15-12-13-16-18-9-7-10-19-17-8-5-6-11-21(17)27(22(18)19)23(28)20(16)14-15/h5-14H,1-4H3. The van der Waals surface area contributed by atoms with Crippen molar-refractivity contribution in [2.75, 3.05) is 0 Å². The van der Waals surface area contributed by atoms with Crippen molar-refractivity contribution in [3.05, 3.63) is 71.0 Å². The van der Waals surface area contributed by atoms with Gasteiger partial charge in [-0.3, -0.25) is 9.20 Å². The first kappa shape index (κ1) is 17.9. The molecule has 0 N–H and O–H groups in total. The molecule has 6 rings (SSSR count). The summed E-state index contributed by atoms with van der Waals surface area (Å²) >= 11 is 0. The number of rotatable bonds is 1. The first-order chi connectivity index (χ1) is 14.3. The Morgan fingerprint density at radius 2 is 1.37 bits per heavy atom. The number of benzene rings is 3. The third-order valence-corrected chi connectivity index (χ3v) is 6.99. The lowest BCUT2D eigenvalue weighted by Gasteiger charge is -2.32. The van der Waals surface area contributed by atoms with Crippen LogP contribution in [0.15, 0.2) is 65.5 Å². The zero-order chi connectivity index (χ0) is 20.8. The van der Waals surface area contributed by atoms with Crippen LogP contribution in [0.1, 0.15) is 27.7 Å². The number of fused-ring (bicyclic) bond motifs is 5. The predicted molar refractivity (Wildman–Crippen MR) is 123 cm³/mol. The topological polar surface area (TPSA) is 39.9 Å². The Morgan fingerprint density at radius 1 is 0.733 bits per heavy atom. The molecule has 2 aromatic heterocycles. The van der Waals surface area contributed by atoms with Crippen molar-refractivity contribution < 1.29 is 9.31 Å². The summed E-state index contributed by atoms with van der Waals surface area (Å²) in [6.45, 7) is 8.15. The lowest BCUT2D eigenvalue weighted by molar-refractivity contribution is 0.00578. The van der Waals surface area contributed by atoms with Crippen LogP contribution in [0.3, 0.4) is 0 Å². The Balaban J connectivity index is 1.68. The fourth-order valence-electron chi connectivity index (χ4n) is 4.67. The van der Waals surface area contributed by atoms with Crippen LogP contribution in [-0.4, -0.2) is 22.7 Å². The summed E-state index contributed by atoms with van der Waals surface area (Å²) in [6, 6.07) is 20.3. The number of hydrogen-bond donors (Lipinski definition) is 0. The molecule has 0 atom stereocenters. The molecule has 0 bridgehead atoms. The van der Waals surface area contributed by atoms with E-state index in [4.69, 9.17) is 9.31 Å². The van der Waals surface area contributed by atoms with Crippen LogP contribution in [-0.2, 0) is 9.31 Å². The second-order valence-corrected chi connectivity index (χ2v) is 9.25. The molecule has 0 aliphatic carbocycles. The van der Waals surface area contributed by atoms with Gasteiger partial charge in [-0.15, -0.1) is 0 Å². The normalized spacial score (nSPS) is 18.3. The zero-order valence-corrected chi connectivity index (χ0v) is 17.5. The van der Waals surface area contributed by atoms with E-state index < -0.39 is 18.3 Å². The van der Waals surface area contributed by atoms with E-state index in [0.29, 0.717) is 5.39 Å². The Kier molecular flexibility index (Phi) is 3.36. The highest BCUT2D eigenvalue weighted by Gasteiger charge is 2.51. The van der Waals surface area contributed by atoms with Crippen molar-refractivity contribution in [2.45, 2.75) is 38.9 Å². The van der Waals surface area contributed by atoms with Crippen molar-refractivity contribution in [1.29, 1.82) is 0 Å². The van der Waals surface area contributed by atoms with Gasteiger partial charge in [0.05, 0.1) is 22.2 Å². The average molecular weight is 395 g/mol. The molecule has 1 aliphatic rings. The van der Waals surface area contributed by atoms with Crippen LogP contribution in [0.2, 0.25) is 0 Å². The Labute approximate surface area is 174 Å². The molecule has 0 spiro atoms. The van der Waals surface area contributed by atoms with E-state index in [-0.39, 0.29) is 5.56 Å². The van der Waals surface area contributed by atoms with Crippen molar-refractivity contribution >= 4 is 50.5 Å².